The third-order valence-corrected chi connectivity index (χ3v) is 7.38. The summed E-state index contributed by atoms with van der Waals surface area (Å²) in [6, 6.07) is 13.3. The molecule has 0 aromatic heterocycles. The van der Waals surface area contributed by atoms with Gasteiger partial charge in [0.15, 0.2) is 0 Å². The molecule has 7 heteroatoms. The van der Waals surface area contributed by atoms with Gasteiger partial charge in [0.25, 0.3) is 0 Å². The summed E-state index contributed by atoms with van der Waals surface area (Å²) in [7, 11) is 0. The summed E-state index contributed by atoms with van der Waals surface area (Å²) in [5, 5.41) is 40.6. The first-order valence-electron chi connectivity index (χ1n) is 11.6. The van der Waals surface area contributed by atoms with Gasteiger partial charge in [-0.1, -0.05) is 55.6 Å². The fraction of sp³-hybridized carbons (Fsp3) is 0.538. The van der Waals surface area contributed by atoms with Crippen LogP contribution in [0, 0.1) is 5.41 Å². The maximum atomic E-state index is 10.4. The quantitative estimate of drug-likeness (QED) is 0.489. The topological polar surface area (TPSA) is 99.4 Å². The summed E-state index contributed by atoms with van der Waals surface area (Å²) in [6.07, 6.45) is -0.399. The van der Waals surface area contributed by atoms with Gasteiger partial charge in [-0.15, -0.1) is 0 Å². The number of rotatable bonds is 7. The molecule has 2 aromatic rings. The van der Waals surface area contributed by atoms with Crippen molar-refractivity contribution in [2.45, 2.75) is 69.5 Å². The number of hydrogen-bond acceptors (Lipinski definition) is 6. The van der Waals surface area contributed by atoms with Crippen LogP contribution in [-0.4, -0.2) is 58.1 Å². The monoisotopic (exact) mass is 476 g/mol. The van der Waals surface area contributed by atoms with E-state index in [9.17, 15) is 20.4 Å². The fourth-order valence-corrected chi connectivity index (χ4v) is 5.02. The lowest BCUT2D eigenvalue weighted by atomic mass is 9.90. The Hall–Kier alpha value is -1.67. The largest absolute Gasteiger partial charge is 0.493 e. The molecule has 0 radical (unpaired) electrons. The molecular formula is C26H33ClO6. The molecule has 4 rings (SSSR count). The van der Waals surface area contributed by atoms with Gasteiger partial charge in [0.1, 0.15) is 36.3 Å². The lowest BCUT2D eigenvalue weighted by Crippen LogP contribution is -2.55. The highest BCUT2D eigenvalue weighted by molar-refractivity contribution is 6.31. The second-order valence-electron chi connectivity index (χ2n) is 9.73. The molecule has 1 heterocycles. The molecule has 2 aliphatic rings. The van der Waals surface area contributed by atoms with Crippen LogP contribution in [0.15, 0.2) is 42.5 Å². The van der Waals surface area contributed by atoms with Crippen molar-refractivity contribution >= 4 is 11.6 Å². The lowest BCUT2D eigenvalue weighted by molar-refractivity contribution is -0.231. The van der Waals surface area contributed by atoms with Crippen molar-refractivity contribution in [3.05, 3.63) is 64.2 Å². The maximum absolute atomic E-state index is 10.4. The molecule has 1 saturated carbocycles. The SMILES string of the molecule is CC1(COc2ccc(Cc3cc(C4O[C@H](CO)[C@@H](O)[C@H](O)[C@H]4O)ccc3Cl)cc2)CCCC1. The molecule has 5 atom stereocenters. The van der Waals surface area contributed by atoms with E-state index in [1.165, 1.54) is 25.7 Å². The van der Waals surface area contributed by atoms with E-state index in [2.05, 4.69) is 6.92 Å². The summed E-state index contributed by atoms with van der Waals surface area (Å²) in [5.74, 6) is 0.855. The predicted octanol–water partition coefficient (Wildman–Crippen LogP) is 3.40. The molecular weight excluding hydrogens is 444 g/mol. The van der Waals surface area contributed by atoms with E-state index in [4.69, 9.17) is 21.1 Å². The Balaban J connectivity index is 1.45. The van der Waals surface area contributed by atoms with Gasteiger partial charge < -0.3 is 29.9 Å². The van der Waals surface area contributed by atoms with Gasteiger partial charge >= 0.3 is 0 Å². The van der Waals surface area contributed by atoms with Gasteiger partial charge in [0.05, 0.1) is 13.2 Å². The minimum atomic E-state index is -1.42. The Labute approximate surface area is 199 Å². The summed E-state index contributed by atoms with van der Waals surface area (Å²) in [4.78, 5) is 0. The van der Waals surface area contributed by atoms with Gasteiger partial charge in [-0.25, -0.2) is 0 Å². The molecule has 1 unspecified atom stereocenters. The summed E-state index contributed by atoms with van der Waals surface area (Å²) in [5.41, 5.74) is 2.80. The molecule has 4 N–H and O–H groups in total. The zero-order valence-electron chi connectivity index (χ0n) is 18.9. The Morgan fingerprint density at radius 2 is 1.70 bits per heavy atom. The van der Waals surface area contributed by atoms with Crippen molar-refractivity contribution in [2.75, 3.05) is 13.2 Å². The van der Waals surface area contributed by atoms with Crippen LogP contribution in [0.4, 0.5) is 0 Å². The van der Waals surface area contributed by atoms with E-state index in [1.54, 1.807) is 12.1 Å². The molecule has 180 valence electrons. The molecule has 2 aromatic carbocycles. The molecule has 1 aliphatic heterocycles. The van der Waals surface area contributed by atoms with Crippen LogP contribution in [-0.2, 0) is 11.2 Å². The van der Waals surface area contributed by atoms with Crippen molar-refractivity contribution in [1.82, 2.24) is 0 Å². The smallest absolute Gasteiger partial charge is 0.119 e. The number of ether oxygens (including phenoxy) is 2. The Morgan fingerprint density at radius 3 is 2.36 bits per heavy atom. The van der Waals surface area contributed by atoms with Gasteiger partial charge in [-0.2, -0.15) is 0 Å². The van der Waals surface area contributed by atoms with E-state index in [-0.39, 0.29) is 5.41 Å². The van der Waals surface area contributed by atoms with E-state index >= 15 is 0 Å². The van der Waals surface area contributed by atoms with Crippen molar-refractivity contribution in [1.29, 1.82) is 0 Å². The zero-order chi connectivity index (χ0) is 23.6. The molecule has 0 bridgehead atoms. The number of halogens is 1. The zero-order valence-corrected chi connectivity index (χ0v) is 19.6. The van der Waals surface area contributed by atoms with Gasteiger partial charge in [0, 0.05) is 10.4 Å². The van der Waals surface area contributed by atoms with Crippen LogP contribution in [0.1, 0.15) is 55.4 Å². The average molecular weight is 477 g/mol. The molecule has 1 aliphatic carbocycles. The fourth-order valence-electron chi connectivity index (χ4n) is 4.84. The molecule has 1 saturated heterocycles. The van der Waals surface area contributed by atoms with Crippen molar-refractivity contribution < 1.29 is 29.9 Å². The van der Waals surface area contributed by atoms with E-state index < -0.39 is 37.1 Å². The second-order valence-corrected chi connectivity index (χ2v) is 10.1. The first-order chi connectivity index (χ1) is 15.8. The molecule has 33 heavy (non-hydrogen) atoms. The maximum Gasteiger partial charge on any atom is 0.119 e. The highest BCUT2D eigenvalue weighted by atomic mass is 35.5. The number of aliphatic hydroxyl groups excluding tert-OH is 4. The number of hydrogen-bond donors (Lipinski definition) is 4. The molecule has 6 nitrogen and oxygen atoms in total. The summed E-state index contributed by atoms with van der Waals surface area (Å²) in [6.45, 7) is 2.56. The summed E-state index contributed by atoms with van der Waals surface area (Å²) >= 11 is 6.44. The first kappa shape index (κ1) is 24.5. The van der Waals surface area contributed by atoms with E-state index in [0.717, 1.165) is 23.5 Å². The summed E-state index contributed by atoms with van der Waals surface area (Å²) < 4.78 is 11.7. The van der Waals surface area contributed by atoms with E-state index in [0.29, 0.717) is 17.0 Å². The lowest BCUT2D eigenvalue weighted by Gasteiger charge is -2.40. The van der Waals surface area contributed by atoms with Crippen LogP contribution in [0.3, 0.4) is 0 Å². The van der Waals surface area contributed by atoms with Crippen LogP contribution in [0.2, 0.25) is 5.02 Å². The Morgan fingerprint density at radius 1 is 1.00 bits per heavy atom. The van der Waals surface area contributed by atoms with Crippen molar-refractivity contribution in [3.8, 4) is 5.75 Å². The average Bonchev–Trinajstić information content (AvgIpc) is 3.25. The minimum Gasteiger partial charge on any atom is -0.493 e. The Bertz CT molecular complexity index is 925. The third-order valence-electron chi connectivity index (χ3n) is 7.01. The highest BCUT2D eigenvalue weighted by Gasteiger charge is 2.44. The van der Waals surface area contributed by atoms with Crippen LogP contribution in [0.5, 0.6) is 5.75 Å². The normalized spacial score (nSPS) is 29.2. The van der Waals surface area contributed by atoms with Crippen LogP contribution < -0.4 is 4.74 Å². The Kier molecular flexibility index (Phi) is 7.63. The predicted molar refractivity (Wildman–Crippen MR) is 125 cm³/mol. The van der Waals surface area contributed by atoms with Crippen molar-refractivity contribution in [3.63, 3.8) is 0 Å². The second kappa shape index (κ2) is 10.3. The van der Waals surface area contributed by atoms with Gasteiger partial charge in [0.2, 0.25) is 0 Å². The van der Waals surface area contributed by atoms with Crippen LogP contribution in [0.25, 0.3) is 0 Å². The molecule has 2 fully saturated rings. The van der Waals surface area contributed by atoms with Gasteiger partial charge in [-0.3, -0.25) is 0 Å². The standard InChI is InChI=1S/C26H33ClO6/c1-26(10-2-3-11-26)15-32-19-7-4-16(5-8-19)12-18-13-17(6-9-20(18)27)25-24(31)23(30)22(29)21(14-28)33-25/h4-9,13,21-25,28-31H,2-3,10-12,14-15H2,1H3/t21-,22-,23+,24-,25?/m1/s1. The minimum absolute atomic E-state index is 0.275. The molecule has 0 spiro atoms. The molecule has 0 amide bonds. The number of aliphatic hydroxyl groups is 4. The first-order valence-corrected chi connectivity index (χ1v) is 12.0. The number of benzene rings is 2. The van der Waals surface area contributed by atoms with E-state index in [1.807, 2.05) is 30.3 Å². The highest BCUT2D eigenvalue weighted by Crippen LogP contribution is 2.38. The van der Waals surface area contributed by atoms with Gasteiger partial charge in [-0.05, 0) is 54.2 Å². The van der Waals surface area contributed by atoms with Crippen LogP contribution >= 0.6 is 11.6 Å². The van der Waals surface area contributed by atoms with Crippen molar-refractivity contribution in [2.24, 2.45) is 5.41 Å². The third kappa shape index (κ3) is 5.53.